The minimum absolute atomic E-state index is 0.264. The number of hydrogen-bond donors (Lipinski definition) is 0. The molecule has 34 heavy (non-hydrogen) atoms. The number of hydrogen-bond acceptors (Lipinski definition) is 4. The Kier molecular flexibility index (Phi) is 7.88. The van der Waals surface area contributed by atoms with Crippen LogP contribution in [0.5, 0.6) is 0 Å². The van der Waals surface area contributed by atoms with E-state index in [1.165, 1.54) is 16.7 Å². The monoisotopic (exact) mass is 477 g/mol. The normalized spacial score (nSPS) is 15.9. The minimum atomic E-state index is -0.282. The molecule has 3 aromatic rings. The second-order valence-electron chi connectivity index (χ2n) is 9.20. The molecule has 0 saturated carbocycles. The highest BCUT2D eigenvalue weighted by molar-refractivity contribution is 6.30. The number of cyclic esters (lactones) is 1. The maximum atomic E-state index is 12.4. The van der Waals surface area contributed by atoms with Crippen molar-refractivity contribution < 1.29 is 9.53 Å². The second kappa shape index (κ2) is 11.0. The summed E-state index contributed by atoms with van der Waals surface area (Å²) in [7, 11) is 6.36. The predicted molar refractivity (Wildman–Crippen MR) is 138 cm³/mol. The number of ether oxygens (including phenoxy) is 1. The first-order valence-corrected chi connectivity index (χ1v) is 12.0. The summed E-state index contributed by atoms with van der Waals surface area (Å²) in [5.41, 5.74) is 5.78. The Morgan fingerprint density at radius 3 is 2.35 bits per heavy atom. The summed E-state index contributed by atoms with van der Waals surface area (Å²) in [4.78, 5) is 18.7. The molecule has 1 atom stereocenters. The van der Waals surface area contributed by atoms with Crippen LogP contribution >= 0.6 is 11.6 Å². The summed E-state index contributed by atoms with van der Waals surface area (Å²) in [5.74, 6) is 0. The number of benzene rings is 3. The molecule has 1 fully saturated rings. The van der Waals surface area contributed by atoms with Crippen molar-refractivity contribution >= 4 is 17.7 Å². The first kappa shape index (κ1) is 24.3. The standard InChI is InChI=1S/C28H32ClN3O2/c1-30(2)16-17-31(3)19-24-6-4-5-7-26(24)22-10-8-21(9-11-22)18-32-20-27(34-28(32)33)23-12-14-25(29)15-13-23/h4-15,27H,16-20H2,1-3H3/t27-/m0/s1. The number of rotatable bonds is 9. The van der Waals surface area contributed by atoms with Gasteiger partial charge in [-0.1, -0.05) is 72.3 Å². The Morgan fingerprint density at radius 1 is 0.941 bits per heavy atom. The molecule has 0 spiro atoms. The van der Waals surface area contributed by atoms with Gasteiger partial charge in [-0.3, -0.25) is 4.90 Å². The van der Waals surface area contributed by atoms with Crippen LogP contribution in [0.25, 0.3) is 11.1 Å². The molecule has 4 rings (SSSR count). The van der Waals surface area contributed by atoms with Gasteiger partial charge >= 0.3 is 6.09 Å². The Hall–Kier alpha value is -2.86. The summed E-state index contributed by atoms with van der Waals surface area (Å²) >= 11 is 5.98. The molecule has 0 N–H and O–H groups in total. The molecule has 0 unspecified atom stereocenters. The molecule has 6 heteroatoms. The fourth-order valence-electron chi connectivity index (χ4n) is 4.18. The van der Waals surface area contributed by atoms with Gasteiger partial charge < -0.3 is 14.5 Å². The molecule has 0 radical (unpaired) electrons. The molecule has 0 aromatic heterocycles. The van der Waals surface area contributed by atoms with Crippen molar-refractivity contribution in [3.8, 4) is 11.1 Å². The zero-order valence-corrected chi connectivity index (χ0v) is 20.8. The van der Waals surface area contributed by atoms with E-state index in [9.17, 15) is 4.79 Å². The second-order valence-corrected chi connectivity index (χ2v) is 9.64. The van der Waals surface area contributed by atoms with Gasteiger partial charge in [0.25, 0.3) is 0 Å². The van der Waals surface area contributed by atoms with Crippen LogP contribution in [0.15, 0.2) is 72.8 Å². The fraction of sp³-hybridized carbons (Fsp3) is 0.321. The third-order valence-electron chi connectivity index (χ3n) is 6.15. The van der Waals surface area contributed by atoms with Gasteiger partial charge in [-0.15, -0.1) is 0 Å². The first-order valence-electron chi connectivity index (χ1n) is 11.6. The zero-order chi connectivity index (χ0) is 24.1. The predicted octanol–water partition coefficient (Wildman–Crippen LogP) is 5.69. The van der Waals surface area contributed by atoms with Crippen molar-refractivity contribution in [1.29, 1.82) is 0 Å². The van der Waals surface area contributed by atoms with Gasteiger partial charge in [0.05, 0.1) is 6.54 Å². The van der Waals surface area contributed by atoms with Crippen molar-refractivity contribution in [2.75, 3.05) is 40.8 Å². The molecule has 3 aromatic carbocycles. The maximum absolute atomic E-state index is 12.4. The lowest BCUT2D eigenvalue weighted by Gasteiger charge is -2.21. The third-order valence-corrected chi connectivity index (χ3v) is 6.41. The number of nitrogens with zero attached hydrogens (tertiary/aromatic N) is 3. The van der Waals surface area contributed by atoms with Crippen LogP contribution in [-0.4, -0.2) is 61.6 Å². The van der Waals surface area contributed by atoms with Crippen molar-refractivity contribution in [2.45, 2.75) is 19.2 Å². The van der Waals surface area contributed by atoms with Gasteiger partial charge in [-0.25, -0.2) is 4.79 Å². The number of carbonyl (C=O) groups is 1. The quantitative estimate of drug-likeness (QED) is 0.396. The number of amides is 1. The largest absolute Gasteiger partial charge is 0.439 e. The van der Waals surface area contributed by atoms with Gasteiger partial charge in [0.15, 0.2) is 0 Å². The molecule has 1 aliphatic rings. The van der Waals surface area contributed by atoms with E-state index in [1.54, 1.807) is 4.90 Å². The van der Waals surface area contributed by atoms with Crippen LogP contribution < -0.4 is 0 Å². The van der Waals surface area contributed by atoms with Crippen molar-refractivity contribution in [2.24, 2.45) is 0 Å². The van der Waals surface area contributed by atoms with Crippen molar-refractivity contribution in [1.82, 2.24) is 14.7 Å². The lowest BCUT2D eigenvalue weighted by atomic mass is 9.98. The minimum Gasteiger partial charge on any atom is -0.439 e. The van der Waals surface area contributed by atoms with E-state index in [4.69, 9.17) is 16.3 Å². The summed E-state index contributed by atoms with van der Waals surface area (Å²) in [5, 5.41) is 0.673. The zero-order valence-electron chi connectivity index (χ0n) is 20.1. The SMILES string of the molecule is CN(C)CCN(C)Cc1ccccc1-c1ccc(CN2C[C@@H](c3ccc(Cl)cc3)OC2=O)cc1. The van der Waals surface area contributed by atoms with Crippen molar-refractivity contribution in [3.63, 3.8) is 0 Å². The number of halogens is 1. The molecule has 1 saturated heterocycles. The highest BCUT2D eigenvalue weighted by Crippen LogP contribution is 2.29. The summed E-state index contributed by atoms with van der Waals surface area (Å²) in [6, 6.07) is 24.5. The van der Waals surface area contributed by atoms with E-state index >= 15 is 0 Å². The van der Waals surface area contributed by atoms with Crippen LogP contribution in [0.2, 0.25) is 5.02 Å². The van der Waals surface area contributed by atoms with Gasteiger partial charge in [-0.2, -0.15) is 0 Å². The molecule has 1 heterocycles. The highest BCUT2D eigenvalue weighted by atomic mass is 35.5. The lowest BCUT2D eigenvalue weighted by molar-refractivity contribution is 0.132. The lowest BCUT2D eigenvalue weighted by Crippen LogP contribution is -2.28. The van der Waals surface area contributed by atoms with Gasteiger partial charge in [0.2, 0.25) is 0 Å². The van der Waals surface area contributed by atoms with E-state index in [-0.39, 0.29) is 12.2 Å². The Balaban J connectivity index is 1.41. The molecule has 178 valence electrons. The average molecular weight is 478 g/mol. The van der Waals surface area contributed by atoms with Gasteiger partial charge in [0.1, 0.15) is 6.10 Å². The van der Waals surface area contributed by atoms with Crippen LogP contribution in [0.4, 0.5) is 4.79 Å². The Morgan fingerprint density at radius 2 is 1.65 bits per heavy atom. The van der Waals surface area contributed by atoms with Crippen LogP contribution in [-0.2, 0) is 17.8 Å². The van der Waals surface area contributed by atoms with E-state index in [0.29, 0.717) is 18.1 Å². The smallest absolute Gasteiger partial charge is 0.410 e. The summed E-state index contributed by atoms with van der Waals surface area (Å²) < 4.78 is 5.59. The van der Waals surface area contributed by atoms with E-state index in [1.807, 2.05) is 24.3 Å². The maximum Gasteiger partial charge on any atom is 0.410 e. The van der Waals surface area contributed by atoms with Gasteiger partial charge in [-0.05, 0) is 61.1 Å². The molecule has 1 aliphatic heterocycles. The molecule has 1 amide bonds. The number of carbonyl (C=O) groups excluding carboxylic acids is 1. The Bertz CT molecular complexity index is 1100. The fourth-order valence-corrected chi connectivity index (χ4v) is 4.30. The third kappa shape index (κ3) is 6.17. The highest BCUT2D eigenvalue weighted by Gasteiger charge is 2.32. The van der Waals surface area contributed by atoms with E-state index in [0.717, 1.165) is 30.8 Å². The van der Waals surface area contributed by atoms with Crippen LogP contribution in [0.3, 0.4) is 0 Å². The van der Waals surface area contributed by atoms with E-state index < -0.39 is 0 Å². The Labute approximate surface area is 207 Å². The summed E-state index contributed by atoms with van der Waals surface area (Å²) in [6.45, 7) is 4.01. The molecule has 0 bridgehead atoms. The van der Waals surface area contributed by atoms with Crippen LogP contribution in [0.1, 0.15) is 22.8 Å². The topological polar surface area (TPSA) is 36.0 Å². The first-order chi connectivity index (χ1) is 16.4. The molecule has 0 aliphatic carbocycles. The molecular weight excluding hydrogens is 446 g/mol. The molecular formula is C28H32ClN3O2. The van der Waals surface area contributed by atoms with Crippen molar-refractivity contribution in [3.05, 3.63) is 94.5 Å². The van der Waals surface area contributed by atoms with Crippen LogP contribution in [0, 0.1) is 0 Å². The van der Waals surface area contributed by atoms with E-state index in [2.05, 4.69) is 79.5 Å². The number of likely N-dealkylation sites (N-methyl/N-ethyl adjacent to an activating group) is 2. The average Bonchev–Trinajstić information content (AvgIpc) is 3.19. The summed E-state index contributed by atoms with van der Waals surface area (Å²) in [6.07, 6.45) is -0.546. The molecule has 5 nitrogen and oxygen atoms in total. The van der Waals surface area contributed by atoms with Gasteiger partial charge in [0, 0.05) is 31.2 Å².